The summed E-state index contributed by atoms with van der Waals surface area (Å²) in [7, 11) is 0. The Morgan fingerprint density at radius 1 is 0.864 bits per heavy atom. The van der Waals surface area contributed by atoms with Crippen molar-refractivity contribution < 1.29 is 9.59 Å². The van der Waals surface area contributed by atoms with Gasteiger partial charge >= 0.3 is 0 Å². The predicted molar refractivity (Wildman–Crippen MR) is 85.8 cm³/mol. The van der Waals surface area contributed by atoms with Crippen molar-refractivity contribution >= 4 is 11.8 Å². The van der Waals surface area contributed by atoms with Gasteiger partial charge in [-0.2, -0.15) is 0 Å². The molecule has 0 aliphatic heterocycles. The summed E-state index contributed by atoms with van der Waals surface area (Å²) in [6.07, 6.45) is 7.79. The number of amides is 2. The van der Waals surface area contributed by atoms with Crippen molar-refractivity contribution in [1.82, 2.24) is 10.6 Å². The van der Waals surface area contributed by atoms with Gasteiger partial charge in [-0.25, -0.2) is 0 Å². The van der Waals surface area contributed by atoms with E-state index >= 15 is 0 Å². The second-order valence-electron chi connectivity index (χ2n) is 7.22. The molecule has 2 bridgehead atoms. The van der Waals surface area contributed by atoms with Crippen LogP contribution in [0.4, 0.5) is 0 Å². The van der Waals surface area contributed by atoms with Crippen molar-refractivity contribution in [3.8, 4) is 0 Å². The number of fused-ring (bicyclic) bond motifs is 5. The van der Waals surface area contributed by atoms with Crippen molar-refractivity contribution in [2.24, 2.45) is 35.5 Å². The second kappa shape index (κ2) is 6.27. The molecule has 4 heteroatoms. The van der Waals surface area contributed by atoms with E-state index in [2.05, 4.69) is 23.8 Å². The topological polar surface area (TPSA) is 58.2 Å². The van der Waals surface area contributed by atoms with Gasteiger partial charge in [-0.05, 0) is 73.3 Å². The zero-order chi connectivity index (χ0) is 15.7. The Bertz CT molecular complexity index is 487. The summed E-state index contributed by atoms with van der Waals surface area (Å²) in [5.74, 6) is 4.38. The van der Waals surface area contributed by atoms with Gasteiger partial charge in [0, 0.05) is 13.1 Å². The Morgan fingerprint density at radius 2 is 1.50 bits per heavy atom. The molecule has 0 aromatic heterocycles. The van der Waals surface area contributed by atoms with Crippen LogP contribution in [0.2, 0.25) is 0 Å². The van der Waals surface area contributed by atoms with Gasteiger partial charge in [0.1, 0.15) is 0 Å². The number of hydrogen-bond donors (Lipinski definition) is 2. The third-order valence-electron chi connectivity index (χ3n) is 6.18. The minimum absolute atomic E-state index is 0.0595. The fourth-order valence-electron chi connectivity index (χ4n) is 5.35. The molecule has 2 amide bonds. The summed E-state index contributed by atoms with van der Waals surface area (Å²) in [4.78, 5) is 22.7. The monoisotopic (exact) mass is 302 g/mol. The lowest BCUT2D eigenvalue weighted by molar-refractivity contribution is -0.117. The Balaban J connectivity index is 1.51. The zero-order valence-corrected chi connectivity index (χ0v) is 13.1. The molecule has 22 heavy (non-hydrogen) atoms. The highest BCUT2D eigenvalue weighted by molar-refractivity contribution is 5.87. The third kappa shape index (κ3) is 2.83. The lowest BCUT2D eigenvalue weighted by Gasteiger charge is -2.31. The molecule has 4 nitrogen and oxygen atoms in total. The van der Waals surface area contributed by atoms with Crippen LogP contribution in [0, 0.1) is 35.5 Å². The summed E-state index contributed by atoms with van der Waals surface area (Å²) in [5, 5.41) is 5.92. The summed E-state index contributed by atoms with van der Waals surface area (Å²) in [6, 6.07) is 0. The molecular weight excluding hydrogens is 276 g/mol. The minimum atomic E-state index is -0.0648. The van der Waals surface area contributed by atoms with Crippen LogP contribution >= 0.6 is 0 Å². The van der Waals surface area contributed by atoms with Crippen LogP contribution in [0.1, 0.15) is 25.7 Å². The van der Waals surface area contributed by atoms with Crippen molar-refractivity contribution in [2.75, 3.05) is 13.1 Å². The van der Waals surface area contributed by atoms with E-state index in [0.717, 1.165) is 36.8 Å². The number of carbonyl (C=O) groups is 2. The summed E-state index contributed by atoms with van der Waals surface area (Å²) in [5.41, 5.74) is 0. The zero-order valence-electron chi connectivity index (χ0n) is 13.1. The number of hydrogen-bond acceptors (Lipinski definition) is 2. The van der Waals surface area contributed by atoms with Crippen molar-refractivity contribution in [3.63, 3.8) is 0 Å². The van der Waals surface area contributed by atoms with E-state index < -0.39 is 0 Å². The molecule has 0 saturated heterocycles. The number of carbonyl (C=O) groups excluding carboxylic acids is 2. The van der Waals surface area contributed by atoms with Gasteiger partial charge in [-0.3, -0.25) is 9.59 Å². The fourth-order valence-corrected chi connectivity index (χ4v) is 5.35. The Labute approximate surface area is 132 Å². The fraction of sp³-hybridized carbons (Fsp3) is 0.667. The number of nitrogens with one attached hydrogen (secondary N) is 2. The first-order valence-electron chi connectivity index (χ1n) is 8.43. The summed E-state index contributed by atoms with van der Waals surface area (Å²) in [6.45, 7) is 8.59. The Hall–Kier alpha value is -1.58. The van der Waals surface area contributed by atoms with Crippen LogP contribution in [0.3, 0.4) is 0 Å². The predicted octanol–water partition coefficient (Wildman–Crippen LogP) is 1.89. The van der Waals surface area contributed by atoms with E-state index in [0.29, 0.717) is 11.8 Å². The molecule has 0 aromatic rings. The van der Waals surface area contributed by atoms with Gasteiger partial charge in [-0.15, -0.1) is 0 Å². The van der Waals surface area contributed by atoms with E-state index in [1.165, 1.54) is 37.8 Å². The average Bonchev–Trinajstić information content (AvgIpc) is 3.20. The van der Waals surface area contributed by atoms with Crippen molar-refractivity contribution in [3.05, 3.63) is 25.3 Å². The van der Waals surface area contributed by atoms with E-state index in [1.54, 1.807) is 0 Å². The van der Waals surface area contributed by atoms with Crippen LogP contribution in [0.5, 0.6) is 0 Å². The molecule has 0 unspecified atom stereocenters. The second-order valence-corrected chi connectivity index (χ2v) is 7.22. The highest BCUT2D eigenvalue weighted by Gasteiger charge is 2.55. The Kier molecular flexibility index (Phi) is 4.37. The molecule has 0 heterocycles. The molecule has 2 N–H and O–H groups in total. The quantitative estimate of drug-likeness (QED) is 0.736. The van der Waals surface area contributed by atoms with Crippen LogP contribution in [-0.2, 0) is 9.59 Å². The molecular formula is C18H26N2O2. The van der Waals surface area contributed by atoms with Gasteiger partial charge in [-0.1, -0.05) is 13.2 Å². The van der Waals surface area contributed by atoms with Crippen LogP contribution in [0.15, 0.2) is 25.3 Å². The van der Waals surface area contributed by atoms with Crippen LogP contribution < -0.4 is 10.6 Å². The van der Waals surface area contributed by atoms with E-state index in [-0.39, 0.29) is 11.8 Å². The summed E-state index contributed by atoms with van der Waals surface area (Å²) >= 11 is 0. The minimum Gasteiger partial charge on any atom is -0.352 e. The average molecular weight is 302 g/mol. The number of rotatable bonds is 6. The lowest BCUT2D eigenvalue weighted by Crippen LogP contribution is -2.34. The third-order valence-corrected chi connectivity index (χ3v) is 6.18. The molecule has 0 radical (unpaired) electrons. The van der Waals surface area contributed by atoms with Gasteiger partial charge in [0.15, 0.2) is 0 Å². The maximum Gasteiger partial charge on any atom is 0.243 e. The standard InChI is InChI=1S/C18H26N2O2/c1-3-17(21)19-9-11-5-14-12-7-13(10-20-18(22)4-2)15(8-12)16(14)6-11/h3-4,11-16H,1-2,5-10H2,(H,19,21)(H,20,22)/t11-,12+,13-,14-,15-,16+/m1/s1. The smallest absolute Gasteiger partial charge is 0.243 e. The van der Waals surface area contributed by atoms with Gasteiger partial charge < -0.3 is 10.6 Å². The molecule has 3 aliphatic carbocycles. The first-order chi connectivity index (χ1) is 10.6. The molecule has 3 fully saturated rings. The maximum absolute atomic E-state index is 11.4. The summed E-state index contributed by atoms with van der Waals surface area (Å²) < 4.78 is 0. The molecule has 3 aliphatic rings. The molecule has 3 saturated carbocycles. The molecule has 0 aromatic carbocycles. The van der Waals surface area contributed by atoms with E-state index in [4.69, 9.17) is 0 Å². The lowest BCUT2D eigenvalue weighted by atomic mass is 9.76. The molecule has 6 atom stereocenters. The van der Waals surface area contributed by atoms with Crippen LogP contribution in [0.25, 0.3) is 0 Å². The van der Waals surface area contributed by atoms with E-state index in [1.807, 2.05) is 0 Å². The van der Waals surface area contributed by atoms with Crippen molar-refractivity contribution in [1.29, 1.82) is 0 Å². The first kappa shape index (κ1) is 15.3. The van der Waals surface area contributed by atoms with Crippen molar-refractivity contribution in [2.45, 2.75) is 25.7 Å². The van der Waals surface area contributed by atoms with E-state index in [9.17, 15) is 9.59 Å². The Morgan fingerprint density at radius 3 is 2.18 bits per heavy atom. The molecule has 3 rings (SSSR count). The van der Waals surface area contributed by atoms with Crippen LogP contribution in [-0.4, -0.2) is 24.9 Å². The maximum atomic E-state index is 11.4. The largest absolute Gasteiger partial charge is 0.352 e. The first-order valence-corrected chi connectivity index (χ1v) is 8.43. The van der Waals surface area contributed by atoms with Gasteiger partial charge in [0.25, 0.3) is 0 Å². The normalized spacial score (nSPS) is 38.4. The van der Waals surface area contributed by atoms with Gasteiger partial charge in [0.05, 0.1) is 0 Å². The SMILES string of the molecule is C=CC(=O)NC[C@H]1C[C@H]2[C@H](C1)[C@H]1C[C@H](CNC(=O)C=C)[C@H]2C1. The molecule has 0 spiro atoms. The van der Waals surface area contributed by atoms with Gasteiger partial charge in [0.2, 0.25) is 11.8 Å². The highest BCUT2D eigenvalue weighted by Crippen LogP contribution is 2.61. The molecule has 120 valence electrons. The highest BCUT2D eigenvalue weighted by atomic mass is 16.2.